The van der Waals surface area contributed by atoms with Gasteiger partial charge in [0, 0.05) is 51.4 Å². The van der Waals surface area contributed by atoms with Crippen molar-refractivity contribution in [3.63, 3.8) is 0 Å². The molecule has 0 spiro atoms. The molecule has 0 aromatic heterocycles. The first-order valence-corrected chi connectivity index (χ1v) is 15.6. The summed E-state index contributed by atoms with van der Waals surface area (Å²) in [6.45, 7) is 11.9. The average Bonchev–Trinajstić information content (AvgIpc) is 3.29. The Bertz CT molecular complexity index is 1530. The van der Waals surface area contributed by atoms with Crippen LogP contribution in [0.4, 0.5) is 11.4 Å². The van der Waals surface area contributed by atoms with E-state index in [0.717, 1.165) is 41.7 Å². The fourth-order valence-corrected chi connectivity index (χ4v) is 7.68. The quantitative estimate of drug-likeness (QED) is 0.276. The summed E-state index contributed by atoms with van der Waals surface area (Å²) in [5, 5.41) is 11.4. The van der Waals surface area contributed by atoms with Gasteiger partial charge in [-0.25, -0.2) is 0 Å². The molecule has 0 unspecified atom stereocenters. The average molecular weight is 601 g/mol. The normalized spacial score (nSPS) is 23.8. The maximum Gasteiger partial charge on any atom is 0.209 e. The van der Waals surface area contributed by atoms with E-state index >= 15 is 0 Å². The number of Topliss-reactive ketones (excluding diaryl/α,β-unsaturated/α-hetero) is 1. The molecule has 0 atom stereocenters. The molecule has 40 heavy (non-hydrogen) atoms. The van der Waals surface area contributed by atoms with Gasteiger partial charge in [-0.15, -0.1) is 0 Å². The van der Waals surface area contributed by atoms with Crippen LogP contribution in [0, 0.1) is 0 Å². The van der Waals surface area contributed by atoms with Crippen LogP contribution < -0.4 is 4.90 Å². The van der Waals surface area contributed by atoms with E-state index in [1.807, 2.05) is 12.2 Å². The van der Waals surface area contributed by atoms with Crippen molar-refractivity contribution in [1.82, 2.24) is 0 Å². The summed E-state index contributed by atoms with van der Waals surface area (Å²) in [5.41, 5.74) is 7.42. The molecule has 6 rings (SSSR count). The van der Waals surface area contributed by atoms with Crippen LogP contribution in [0.3, 0.4) is 0 Å². The smallest absolute Gasteiger partial charge is 0.209 e. The minimum Gasteiger partial charge on any atom is -0.506 e. The van der Waals surface area contributed by atoms with Crippen molar-refractivity contribution >= 4 is 38.8 Å². The van der Waals surface area contributed by atoms with E-state index in [1.54, 1.807) is 0 Å². The first-order valence-electron chi connectivity index (χ1n) is 14.8. The molecule has 5 heteroatoms. The van der Waals surface area contributed by atoms with Gasteiger partial charge in [0.05, 0.1) is 16.6 Å². The van der Waals surface area contributed by atoms with Gasteiger partial charge >= 0.3 is 0 Å². The zero-order valence-corrected chi connectivity index (χ0v) is 25.9. The summed E-state index contributed by atoms with van der Waals surface area (Å²) in [7, 11) is 0. The number of anilines is 1. The van der Waals surface area contributed by atoms with Gasteiger partial charge in [0.2, 0.25) is 11.5 Å². The van der Waals surface area contributed by atoms with Gasteiger partial charge in [-0.3, -0.25) is 4.79 Å². The number of rotatable bonds is 5. The Morgan fingerprint density at radius 1 is 1.00 bits per heavy atom. The fraction of sp³-hybridized carbons (Fsp3) is 0.429. The number of fused-ring (bicyclic) bond motifs is 2. The van der Waals surface area contributed by atoms with Gasteiger partial charge in [0.25, 0.3) is 0 Å². The number of hydrogen-bond donors (Lipinski definition) is 1. The highest BCUT2D eigenvalue weighted by molar-refractivity contribution is 9.10. The molecular weight excluding hydrogens is 560 g/mol. The topological polar surface area (TPSA) is 43.5 Å². The molecule has 2 aliphatic heterocycles. The number of carbonyl (C=O) groups excluding carboxylic acids is 1. The minimum atomic E-state index is -0.286. The summed E-state index contributed by atoms with van der Waals surface area (Å²) in [5.74, 6) is 0.0435. The highest BCUT2D eigenvalue weighted by atomic mass is 79.9. The Kier molecular flexibility index (Phi) is 6.72. The predicted molar refractivity (Wildman–Crippen MR) is 167 cm³/mol. The summed E-state index contributed by atoms with van der Waals surface area (Å²) < 4.78 is 3.38. The molecule has 2 aliphatic carbocycles. The lowest BCUT2D eigenvalue weighted by Gasteiger charge is -2.37. The largest absolute Gasteiger partial charge is 0.506 e. The molecule has 0 amide bonds. The highest BCUT2D eigenvalue weighted by Gasteiger charge is 2.47. The highest BCUT2D eigenvalue weighted by Crippen LogP contribution is 2.52. The van der Waals surface area contributed by atoms with Gasteiger partial charge in [-0.1, -0.05) is 74.2 Å². The molecule has 0 saturated heterocycles. The van der Waals surface area contributed by atoms with Crippen LogP contribution in [0.2, 0.25) is 0 Å². The predicted octanol–water partition coefficient (Wildman–Crippen LogP) is 8.57. The van der Waals surface area contributed by atoms with Crippen molar-refractivity contribution in [3.05, 3.63) is 92.8 Å². The number of benzene rings is 2. The SMILES string of the molecule is CCC[N+]1=C(C=C2C(=O)C(C=C3N(C4CCCCC4)c4ccc(Br)cc4C3(C)C)=C2O)C(C)(C)c2ccccc21. The number of ketones is 1. The van der Waals surface area contributed by atoms with E-state index in [9.17, 15) is 9.90 Å². The summed E-state index contributed by atoms with van der Waals surface area (Å²) >= 11 is 3.68. The molecule has 4 nitrogen and oxygen atoms in total. The van der Waals surface area contributed by atoms with Crippen molar-refractivity contribution in [2.45, 2.75) is 90.0 Å². The Morgan fingerprint density at radius 2 is 1.73 bits per heavy atom. The number of aliphatic hydroxyl groups excluding tert-OH is 1. The zero-order chi connectivity index (χ0) is 28.4. The van der Waals surface area contributed by atoms with E-state index in [2.05, 4.69) is 102 Å². The molecule has 1 N–H and O–H groups in total. The Balaban J connectivity index is 1.44. The maximum absolute atomic E-state index is 13.7. The second kappa shape index (κ2) is 9.87. The van der Waals surface area contributed by atoms with Crippen molar-refractivity contribution in [2.75, 3.05) is 11.4 Å². The van der Waals surface area contributed by atoms with Gasteiger partial charge in [-0.2, -0.15) is 4.58 Å². The van der Waals surface area contributed by atoms with Crippen molar-refractivity contribution in [3.8, 4) is 0 Å². The number of halogens is 1. The first kappa shape index (κ1) is 27.3. The third-order valence-corrected chi connectivity index (χ3v) is 10.0. The van der Waals surface area contributed by atoms with Crippen LogP contribution in [-0.2, 0) is 15.6 Å². The van der Waals surface area contributed by atoms with Crippen molar-refractivity contribution in [2.24, 2.45) is 0 Å². The maximum atomic E-state index is 13.7. The molecule has 208 valence electrons. The molecule has 2 aromatic carbocycles. The lowest BCUT2D eigenvalue weighted by Crippen LogP contribution is -2.37. The standard InChI is InChI=1S/C35H39BrN2O2/c1-6-18-37-28-15-11-10-14-26(28)34(2,3)30(37)20-24-32(39)25(33(24)40)21-31-35(4,5)27-19-22(36)16-17-29(27)38(31)23-12-8-7-9-13-23/h10-11,14-17,19-21,23H,6-9,12-13,18H2,1-5H3/p+1. The molecule has 1 fully saturated rings. The third kappa shape index (κ3) is 4.07. The van der Waals surface area contributed by atoms with Crippen LogP contribution in [0.5, 0.6) is 0 Å². The number of aliphatic hydroxyl groups is 1. The molecule has 4 aliphatic rings. The summed E-state index contributed by atoms with van der Waals surface area (Å²) in [6.07, 6.45) is 11.0. The van der Waals surface area contributed by atoms with E-state index < -0.39 is 0 Å². The van der Waals surface area contributed by atoms with E-state index in [1.165, 1.54) is 41.8 Å². The molecule has 0 bridgehead atoms. The lowest BCUT2D eigenvalue weighted by molar-refractivity contribution is -0.437. The molecule has 0 radical (unpaired) electrons. The molecular formula is C35H40BrN2O2+. The third-order valence-electron chi connectivity index (χ3n) is 9.54. The van der Waals surface area contributed by atoms with Gasteiger partial charge < -0.3 is 10.0 Å². The second-order valence-electron chi connectivity index (χ2n) is 12.8. The Labute approximate surface area is 246 Å². The van der Waals surface area contributed by atoms with Crippen molar-refractivity contribution in [1.29, 1.82) is 0 Å². The van der Waals surface area contributed by atoms with Gasteiger partial charge in [-0.05, 0) is 56.5 Å². The van der Waals surface area contributed by atoms with E-state index in [-0.39, 0.29) is 22.4 Å². The number of allylic oxidation sites excluding steroid dienone is 5. The number of nitrogens with zero attached hydrogens (tertiary/aromatic N) is 2. The Hall–Kier alpha value is -2.92. The van der Waals surface area contributed by atoms with E-state index in [0.29, 0.717) is 17.2 Å². The van der Waals surface area contributed by atoms with Gasteiger partial charge in [0.1, 0.15) is 12.3 Å². The number of para-hydroxylation sites is 1. The first-order chi connectivity index (χ1) is 19.1. The number of hydrogen-bond acceptors (Lipinski definition) is 3. The zero-order valence-electron chi connectivity index (χ0n) is 24.4. The Morgan fingerprint density at radius 3 is 2.42 bits per heavy atom. The summed E-state index contributed by atoms with van der Waals surface area (Å²) in [4.78, 5) is 16.2. The molecule has 2 heterocycles. The number of carbonyl (C=O) groups is 1. The minimum absolute atomic E-state index is 0.0720. The lowest BCUT2D eigenvalue weighted by atomic mass is 9.77. The van der Waals surface area contributed by atoms with Crippen LogP contribution >= 0.6 is 15.9 Å². The van der Waals surface area contributed by atoms with Crippen LogP contribution in [0.15, 0.2) is 81.7 Å². The van der Waals surface area contributed by atoms with E-state index in [4.69, 9.17) is 0 Å². The van der Waals surface area contributed by atoms with Crippen LogP contribution in [-0.4, -0.2) is 33.8 Å². The molecule has 2 aromatic rings. The van der Waals surface area contributed by atoms with Crippen LogP contribution in [0.1, 0.15) is 84.3 Å². The fourth-order valence-electron chi connectivity index (χ4n) is 7.32. The summed E-state index contributed by atoms with van der Waals surface area (Å²) in [6, 6.07) is 15.4. The monoisotopic (exact) mass is 599 g/mol. The van der Waals surface area contributed by atoms with Gasteiger partial charge in [0.15, 0.2) is 5.71 Å². The van der Waals surface area contributed by atoms with Crippen molar-refractivity contribution < 1.29 is 14.5 Å². The molecule has 1 saturated carbocycles. The second-order valence-corrected chi connectivity index (χ2v) is 13.7. The van der Waals surface area contributed by atoms with Crippen LogP contribution in [0.25, 0.3) is 0 Å².